The van der Waals surface area contributed by atoms with Gasteiger partial charge >= 0.3 is 0 Å². The summed E-state index contributed by atoms with van der Waals surface area (Å²) in [5.41, 5.74) is 1.59. The number of carbonyl (C=O) groups excluding carboxylic acids is 1. The van der Waals surface area contributed by atoms with Crippen molar-refractivity contribution in [3.63, 3.8) is 0 Å². The summed E-state index contributed by atoms with van der Waals surface area (Å²) < 4.78 is 5.17. The Labute approximate surface area is 141 Å². The third kappa shape index (κ3) is 4.68. The van der Waals surface area contributed by atoms with Gasteiger partial charge in [-0.2, -0.15) is 0 Å². The highest BCUT2D eigenvalue weighted by atomic mass is 35.5. The van der Waals surface area contributed by atoms with E-state index in [9.17, 15) is 4.79 Å². The average molecular weight is 334 g/mol. The molecule has 1 atom stereocenters. The van der Waals surface area contributed by atoms with E-state index in [4.69, 9.17) is 16.3 Å². The molecule has 6 heteroatoms. The highest BCUT2D eigenvalue weighted by Gasteiger charge is 2.16. The number of nitrogens with one attached hydrogen (secondary N) is 1. The van der Waals surface area contributed by atoms with Crippen LogP contribution in [0.5, 0.6) is 5.75 Å². The molecule has 1 unspecified atom stereocenters. The molecule has 1 amide bonds. The molecule has 0 saturated heterocycles. The van der Waals surface area contributed by atoms with Crippen LogP contribution in [0.4, 0.5) is 0 Å². The van der Waals surface area contributed by atoms with E-state index >= 15 is 0 Å². The first-order valence-electron chi connectivity index (χ1n) is 7.21. The maximum absolute atomic E-state index is 12.2. The van der Waals surface area contributed by atoms with Crippen LogP contribution in [0.1, 0.15) is 22.0 Å². The van der Waals surface area contributed by atoms with Crippen LogP contribution in [0.25, 0.3) is 0 Å². The van der Waals surface area contributed by atoms with Gasteiger partial charge in [0.25, 0.3) is 5.91 Å². The summed E-state index contributed by atoms with van der Waals surface area (Å²) in [6.45, 7) is 0.487. The van der Waals surface area contributed by atoms with Crippen LogP contribution in [0, 0.1) is 0 Å². The number of pyridine rings is 1. The Balaban J connectivity index is 2.04. The van der Waals surface area contributed by atoms with Gasteiger partial charge in [-0.3, -0.25) is 4.79 Å². The van der Waals surface area contributed by atoms with Gasteiger partial charge in [-0.05, 0) is 43.9 Å². The van der Waals surface area contributed by atoms with Crippen LogP contribution in [0.2, 0.25) is 5.15 Å². The van der Waals surface area contributed by atoms with E-state index in [0.29, 0.717) is 17.3 Å². The molecule has 0 spiro atoms. The second-order valence-corrected chi connectivity index (χ2v) is 5.72. The van der Waals surface area contributed by atoms with Crippen LogP contribution < -0.4 is 10.1 Å². The van der Waals surface area contributed by atoms with Gasteiger partial charge in [-0.1, -0.05) is 23.7 Å². The third-order valence-electron chi connectivity index (χ3n) is 3.57. The fourth-order valence-electron chi connectivity index (χ4n) is 2.23. The SMILES string of the molecule is COc1ccc(C(CNC(=O)c2ccc(Cl)nc2)N(C)C)cc1. The predicted molar refractivity (Wildman–Crippen MR) is 91.0 cm³/mol. The number of hydrogen-bond acceptors (Lipinski definition) is 4. The van der Waals surface area contributed by atoms with Gasteiger partial charge in [0.1, 0.15) is 10.9 Å². The first-order chi connectivity index (χ1) is 11.0. The van der Waals surface area contributed by atoms with Gasteiger partial charge in [-0.25, -0.2) is 4.98 Å². The average Bonchev–Trinajstić information content (AvgIpc) is 2.55. The van der Waals surface area contributed by atoms with Crippen LogP contribution in [0.3, 0.4) is 0 Å². The van der Waals surface area contributed by atoms with Crippen molar-refractivity contribution < 1.29 is 9.53 Å². The van der Waals surface area contributed by atoms with Crippen molar-refractivity contribution in [3.05, 3.63) is 58.9 Å². The van der Waals surface area contributed by atoms with Crippen LogP contribution in [0.15, 0.2) is 42.6 Å². The maximum atomic E-state index is 12.2. The number of rotatable bonds is 6. The van der Waals surface area contributed by atoms with Gasteiger partial charge in [-0.15, -0.1) is 0 Å². The molecule has 0 saturated carbocycles. The standard InChI is InChI=1S/C17H20ClN3O2/c1-21(2)15(12-4-7-14(23-3)8-5-12)11-20-17(22)13-6-9-16(18)19-10-13/h4-10,15H,11H2,1-3H3,(H,20,22). The van der Waals surface area contributed by atoms with E-state index < -0.39 is 0 Å². The molecule has 23 heavy (non-hydrogen) atoms. The summed E-state index contributed by atoms with van der Waals surface area (Å²) in [6, 6.07) is 11.1. The molecule has 1 aromatic carbocycles. The highest BCUT2D eigenvalue weighted by molar-refractivity contribution is 6.29. The molecule has 0 fully saturated rings. The number of likely N-dealkylation sites (N-methyl/N-ethyl adjacent to an activating group) is 1. The van der Waals surface area contributed by atoms with E-state index in [1.165, 1.54) is 6.20 Å². The zero-order valence-corrected chi connectivity index (χ0v) is 14.2. The van der Waals surface area contributed by atoms with Crippen molar-refractivity contribution >= 4 is 17.5 Å². The number of halogens is 1. The number of methoxy groups -OCH3 is 1. The molecule has 2 aromatic rings. The molecule has 5 nitrogen and oxygen atoms in total. The Bertz CT molecular complexity index is 642. The Morgan fingerprint density at radius 2 is 1.96 bits per heavy atom. The monoisotopic (exact) mass is 333 g/mol. The molecular formula is C17H20ClN3O2. The number of hydrogen-bond donors (Lipinski definition) is 1. The number of benzene rings is 1. The topological polar surface area (TPSA) is 54.5 Å². The summed E-state index contributed by atoms with van der Waals surface area (Å²) in [5.74, 6) is 0.636. The molecule has 122 valence electrons. The molecule has 0 aliphatic carbocycles. The molecule has 1 heterocycles. The maximum Gasteiger partial charge on any atom is 0.252 e. The number of amides is 1. The smallest absolute Gasteiger partial charge is 0.252 e. The van der Waals surface area contributed by atoms with E-state index in [1.54, 1.807) is 19.2 Å². The van der Waals surface area contributed by atoms with E-state index in [-0.39, 0.29) is 11.9 Å². The minimum atomic E-state index is -0.172. The Morgan fingerprint density at radius 3 is 2.48 bits per heavy atom. The Morgan fingerprint density at radius 1 is 1.26 bits per heavy atom. The van der Waals surface area contributed by atoms with E-state index in [2.05, 4.69) is 15.2 Å². The van der Waals surface area contributed by atoms with Crippen molar-refractivity contribution in [2.45, 2.75) is 6.04 Å². The van der Waals surface area contributed by atoms with Gasteiger partial charge in [0.2, 0.25) is 0 Å². The summed E-state index contributed by atoms with van der Waals surface area (Å²) in [4.78, 5) is 18.2. The van der Waals surface area contributed by atoms with Gasteiger partial charge < -0.3 is 15.0 Å². The lowest BCUT2D eigenvalue weighted by atomic mass is 10.1. The van der Waals surface area contributed by atoms with Gasteiger partial charge in [0.15, 0.2) is 0 Å². The summed E-state index contributed by atoms with van der Waals surface area (Å²) in [7, 11) is 5.59. The number of aromatic nitrogens is 1. The quantitative estimate of drug-likeness (QED) is 0.826. The third-order valence-corrected chi connectivity index (χ3v) is 3.79. The normalized spacial score (nSPS) is 12.0. The van der Waals surface area contributed by atoms with Crippen LogP contribution in [-0.4, -0.2) is 43.5 Å². The first kappa shape index (κ1) is 17.2. The summed E-state index contributed by atoms with van der Waals surface area (Å²) in [5, 5.41) is 3.30. The Kier molecular flexibility index (Phi) is 5.96. The predicted octanol–water partition coefficient (Wildman–Crippen LogP) is 2.78. The number of carbonyl (C=O) groups is 1. The van der Waals surface area contributed by atoms with Crippen molar-refractivity contribution in [2.24, 2.45) is 0 Å². The minimum absolute atomic E-state index is 0.0603. The van der Waals surface area contributed by atoms with Gasteiger partial charge in [0, 0.05) is 12.7 Å². The highest BCUT2D eigenvalue weighted by Crippen LogP contribution is 2.20. The molecule has 0 aliphatic heterocycles. The second-order valence-electron chi connectivity index (χ2n) is 5.33. The van der Waals surface area contributed by atoms with Crippen molar-refractivity contribution in [1.29, 1.82) is 0 Å². The lowest BCUT2D eigenvalue weighted by Gasteiger charge is -2.25. The minimum Gasteiger partial charge on any atom is -0.497 e. The van der Waals surface area contributed by atoms with Crippen molar-refractivity contribution in [2.75, 3.05) is 27.7 Å². The van der Waals surface area contributed by atoms with Crippen LogP contribution >= 0.6 is 11.6 Å². The molecule has 2 rings (SSSR count). The fraction of sp³-hybridized carbons (Fsp3) is 0.294. The number of ether oxygens (including phenoxy) is 1. The van der Waals surface area contributed by atoms with Crippen LogP contribution in [-0.2, 0) is 0 Å². The fourth-order valence-corrected chi connectivity index (χ4v) is 2.34. The lowest BCUT2D eigenvalue weighted by Crippen LogP contribution is -2.34. The zero-order chi connectivity index (χ0) is 16.8. The molecular weight excluding hydrogens is 314 g/mol. The van der Waals surface area contributed by atoms with E-state index in [0.717, 1.165) is 11.3 Å². The zero-order valence-electron chi connectivity index (χ0n) is 13.4. The van der Waals surface area contributed by atoms with Gasteiger partial charge in [0.05, 0.1) is 18.7 Å². The molecule has 1 aromatic heterocycles. The van der Waals surface area contributed by atoms with E-state index in [1.807, 2.05) is 38.4 Å². The molecule has 0 bridgehead atoms. The molecule has 0 radical (unpaired) electrons. The first-order valence-corrected chi connectivity index (χ1v) is 7.59. The van der Waals surface area contributed by atoms with Crippen molar-refractivity contribution in [3.8, 4) is 5.75 Å². The Hall–Kier alpha value is -2.11. The number of nitrogens with zero attached hydrogens (tertiary/aromatic N) is 2. The second kappa shape index (κ2) is 7.94. The summed E-state index contributed by atoms with van der Waals surface area (Å²) >= 11 is 5.73. The largest absolute Gasteiger partial charge is 0.497 e. The molecule has 1 N–H and O–H groups in total. The molecule has 0 aliphatic rings. The summed E-state index contributed by atoms with van der Waals surface area (Å²) in [6.07, 6.45) is 1.47. The lowest BCUT2D eigenvalue weighted by molar-refractivity contribution is 0.0941. The van der Waals surface area contributed by atoms with Crippen molar-refractivity contribution in [1.82, 2.24) is 15.2 Å².